The number of tetrazole rings is 1. The van der Waals surface area contributed by atoms with E-state index in [0.29, 0.717) is 23.8 Å². The fourth-order valence-corrected chi connectivity index (χ4v) is 4.69. The van der Waals surface area contributed by atoms with Crippen LogP contribution in [0.15, 0.2) is 59.2 Å². The normalized spacial score (nSPS) is 17.2. The number of likely N-dealkylation sites (N-methyl/N-ethyl adjacent to an activating group) is 1. The summed E-state index contributed by atoms with van der Waals surface area (Å²) in [5, 5.41) is 14.4. The number of hydrogen-bond donors (Lipinski definition) is 1. The van der Waals surface area contributed by atoms with Gasteiger partial charge in [-0.05, 0) is 48.6 Å². The quantitative estimate of drug-likeness (QED) is 0.587. The molecule has 3 aromatic rings. The summed E-state index contributed by atoms with van der Waals surface area (Å²) in [5.41, 5.74) is 4.23. The summed E-state index contributed by atoms with van der Waals surface area (Å²) in [6, 6.07) is 15.8. The highest BCUT2D eigenvalue weighted by Gasteiger charge is 2.50. The predicted octanol–water partition coefficient (Wildman–Crippen LogP) is 3.88. The molecule has 0 fully saturated rings. The molecule has 0 aliphatic carbocycles. The molecule has 0 atom stereocenters. The highest BCUT2D eigenvalue weighted by Crippen LogP contribution is 2.40. The maximum Gasteiger partial charge on any atom is 0.274 e. The maximum atomic E-state index is 13.5. The average molecular weight is 470 g/mol. The number of unbranched alkanes of at least 4 members (excludes halogenated alkanes) is 1. The van der Waals surface area contributed by atoms with Crippen molar-refractivity contribution in [3.63, 3.8) is 0 Å². The molecule has 2 amide bonds. The number of hydrogen-bond acceptors (Lipinski definition) is 6. The van der Waals surface area contributed by atoms with Crippen LogP contribution in [0.5, 0.6) is 0 Å². The maximum absolute atomic E-state index is 13.5. The number of aromatic amines is 1. The van der Waals surface area contributed by atoms with Gasteiger partial charge in [-0.1, -0.05) is 61.9 Å². The van der Waals surface area contributed by atoms with Crippen LogP contribution in [0.1, 0.15) is 45.6 Å². The zero-order valence-electron chi connectivity index (χ0n) is 20.2. The van der Waals surface area contributed by atoms with Crippen molar-refractivity contribution >= 4 is 23.3 Å². The molecule has 1 aromatic heterocycles. The lowest BCUT2D eigenvalue weighted by molar-refractivity contribution is -0.124. The largest absolute Gasteiger partial charge is 0.300 e. The molecular formula is C26H27N7O2. The van der Waals surface area contributed by atoms with E-state index in [2.05, 4.69) is 32.5 Å². The summed E-state index contributed by atoms with van der Waals surface area (Å²) in [4.78, 5) is 33.9. The van der Waals surface area contributed by atoms with Crippen molar-refractivity contribution in [1.29, 1.82) is 0 Å². The Morgan fingerprint density at radius 2 is 1.66 bits per heavy atom. The first-order valence-electron chi connectivity index (χ1n) is 11.7. The monoisotopic (exact) mass is 469 g/mol. The molecule has 35 heavy (non-hydrogen) atoms. The third-order valence-electron chi connectivity index (χ3n) is 6.63. The number of carbonyl (C=O) groups is 2. The van der Waals surface area contributed by atoms with Gasteiger partial charge in [0.25, 0.3) is 11.8 Å². The van der Waals surface area contributed by atoms with Gasteiger partial charge in [-0.3, -0.25) is 19.4 Å². The van der Waals surface area contributed by atoms with E-state index in [0.717, 1.165) is 40.8 Å². The number of rotatable bonds is 6. The van der Waals surface area contributed by atoms with Gasteiger partial charge in [0, 0.05) is 18.3 Å². The van der Waals surface area contributed by atoms with E-state index in [1.807, 2.05) is 67.3 Å². The smallest absolute Gasteiger partial charge is 0.274 e. The number of guanidine groups is 1. The molecule has 1 N–H and O–H groups in total. The number of aliphatic imine (C=N–C) groups is 1. The van der Waals surface area contributed by atoms with Crippen LogP contribution < -0.4 is 0 Å². The van der Waals surface area contributed by atoms with E-state index in [-0.39, 0.29) is 11.8 Å². The lowest BCUT2D eigenvalue weighted by atomic mass is 9.91. The Morgan fingerprint density at radius 1 is 0.971 bits per heavy atom. The summed E-state index contributed by atoms with van der Waals surface area (Å²) in [5.74, 6) is 0.531. The van der Waals surface area contributed by atoms with Gasteiger partial charge in [0.2, 0.25) is 11.8 Å². The van der Waals surface area contributed by atoms with E-state index in [9.17, 15) is 9.59 Å². The van der Waals surface area contributed by atoms with Crippen LogP contribution in [0.4, 0.5) is 0 Å². The minimum absolute atomic E-state index is 0.156. The van der Waals surface area contributed by atoms with Crippen molar-refractivity contribution in [2.24, 2.45) is 4.99 Å². The third kappa shape index (κ3) is 3.63. The zero-order chi connectivity index (χ0) is 24.7. The van der Waals surface area contributed by atoms with Gasteiger partial charge < -0.3 is 0 Å². The molecule has 0 unspecified atom stereocenters. The topological polar surface area (TPSA) is 107 Å². The highest BCUT2D eigenvalue weighted by molar-refractivity contribution is 6.29. The predicted molar refractivity (Wildman–Crippen MR) is 133 cm³/mol. The second-order valence-corrected chi connectivity index (χ2v) is 9.26. The molecule has 0 radical (unpaired) electrons. The van der Waals surface area contributed by atoms with Crippen molar-refractivity contribution in [3.05, 3.63) is 59.8 Å². The molecule has 5 rings (SSSR count). The number of nitrogens with zero attached hydrogens (tertiary/aromatic N) is 6. The van der Waals surface area contributed by atoms with Crippen LogP contribution in [0.3, 0.4) is 0 Å². The SMILES string of the molecule is CCCCC1=C(c2ccc(-c3ccccc3-c3nn[nH]n3)cc2)C(=O)N(C)C2=NC(=O)C(C)(C)N21. The molecule has 9 nitrogen and oxygen atoms in total. The van der Waals surface area contributed by atoms with Crippen LogP contribution in [0.25, 0.3) is 28.1 Å². The minimum atomic E-state index is -0.845. The Hall–Kier alpha value is -4.14. The summed E-state index contributed by atoms with van der Waals surface area (Å²) in [6.07, 6.45) is 2.56. The molecule has 3 heterocycles. The first-order chi connectivity index (χ1) is 16.8. The Kier molecular flexibility index (Phi) is 5.55. The molecule has 0 saturated carbocycles. The molecule has 9 heteroatoms. The Labute approximate surface area is 203 Å². The van der Waals surface area contributed by atoms with Crippen molar-refractivity contribution in [1.82, 2.24) is 30.4 Å². The molecular weight excluding hydrogens is 442 g/mol. The van der Waals surface area contributed by atoms with Gasteiger partial charge in [0.1, 0.15) is 5.54 Å². The standard InChI is InChI=1S/C26H27N7O2/c1-5-6-11-20-21(23(34)32(4)25-27-24(35)26(2,3)33(20)25)17-14-12-16(13-15-17)18-9-7-8-10-19(18)22-28-30-31-29-22/h7-10,12-15H,5-6,11H2,1-4H3,(H,28,29,30,31). The number of allylic oxidation sites excluding steroid dienone is 1. The van der Waals surface area contributed by atoms with Crippen LogP contribution in [-0.4, -0.2) is 60.8 Å². The van der Waals surface area contributed by atoms with E-state index in [4.69, 9.17) is 0 Å². The number of aromatic nitrogens is 4. The van der Waals surface area contributed by atoms with Gasteiger partial charge in [0.15, 0.2) is 0 Å². The van der Waals surface area contributed by atoms with Crippen molar-refractivity contribution in [2.75, 3.05) is 7.05 Å². The summed E-state index contributed by atoms with van der Waals surface area (Å²) in [6.45, 7) is 5.83. The number of carbonyl (C=O) groups excluding carboxylic acids is 2. The molecule has 2 aliphatic heterocycles. The van der Waals surface area contributed by atoms with E-state index >= 15 is 0 Å². The second kappa shape index (κ2) is 8.57. The van der Waals surface area contributed by atoms with Crippen molar-refractivity contribution in [3.8, 4) is 22.5 Å². The van der Waals surface area contributed by atoms with E-state index < -0.39 is 5.54 Å². The minimum Gasteiger partial charge on any atom is -0.300 e. The highest BCUT2D eigenvalue weighted by atomic mass is 16.2. The molecule has 2 aliphatic rings. The van der Waals surface area contributed by atoms with Crippen LogP contribution in [0.2, 0.25) is 0 Å². The summed E-state index contributed by atoms with van der Waals surface area (Å²) >= 11 is 0. The van der Waals surface area contributed by atoms with Gasteiger partial charge >= 0.3 is 0 Å². The Bertz CT molecular complexity index is 1350. The number of nitrogens with one attached hydrogen (secondary N) is 1. The molecule has 0 saturated heterocycles. The van der Waals surface area contributed by atoms with Gasteiger partial charge in [-0.2, -0.15) is 10.2 Å². The van der Waals surface area contributed by atoms with Crippen LogP contribution in [-0.2, 0) is 9.59 Å². The molecule has 0 bridgehead atoms. The zero-order valence-corrected chi connectivity index (χ0v) is 20.2. The number of fused-ring (bicyclic) bond motifs is 1. The van der Waals surface area contributed by atoms with Crippen LogP contribution in [0, 0.1) is 0 Å². The Balaban J connectivity index is 1.61. The second-order valence-electron chi connectivity index (χ2n) is 9.26. The number of amides is 2. The molecule has 178 valence electrons. The molecule has 0 spiro atoms. The van der Waals surface area contributed by atoms with Gasteiger partial charge in [0.05, 0.1) is 5.57 Å². The summed E-state index contributed by atoms with van der Waals surface area (Å²) in [7, 11) is 1.68. The van der Waals surface area contributed by atoms with Gasteiger partial charge in [-0.15, -0.1) is 10.2 Å². The number of H-pyrrole nitrogens is 1. The number of benzene rings is 2. The van der Waals surface area contributed by atoms with Crippen molar-refractivity contribution < 1.29 is 9.59 Å². The first kappa shape index (κ1) is 22.6. The summed E-state index contributed by atoms with van der Waals surface area (Å²) < 4.78 is 0. The fourth-order valence-electron chi connectivity index (χ4n) is 4.69. The first-order valence-corrected chi connectivity index (χ1v) is 11.7. The van der Waals surface area contributed by atoms with Gasteiger partial charge in [-0.25, -0.2) is 0 Å². The average Bonchev–Trinajstić information content (AvgIpc) is 3.48. The fraction of sp³-hybridized carbons (Fsp3) is 0.308. The van der Waals surface area contributed by atoms with Crippen molar-refractivity contribution in [2.45, 2.75) is 45.6 Å². The van der Waals surface area contributed by atoms with Crippen LogP contribution >= 0.6 is 0 Å². The lowest BCUT2D eigenvalue weighted by Gasteiger charge is -2.41. The van der Waals surface area contributed by atoms with E-state index in [1.54, 1.807) is 7.05 Å². The third-order valence-corrected chi connectivity index (χ3v) is 6.63. The lowest BCUT2D eigenvalue weighted by Crippen LogP contribution is -2.55. The van der Waals surface area contributed by atoms with E-state index in [1.165, 1.54) is 4.90 Å². The Morgan fingerprint density at radius 3 is 2.31 bits per heavy atom. The molecule has 2 aromatic carbocycles.